The average molecular weight is 515 g/mol. The molecule has 4 rings (SSSR count). The molecule has 1 atom stereocenters. The minimum Gasteiger partial charge on any atom is -0.369 e. The molecule has 1 aliphatic heterocycles. The topological polar surface area (TPSA) is 77.2 Å². The third-order valence-corrected chi connectivity index (χ3v) is 7.24. The number of anilines is 1. The van der Waals surface area contributed by atoms with E-state index in [-0.39, 0.29) is 12.5 Å². The Bertz CT molecular complexity index is 1130. The molecule has 1 aromatic heterocycles. The van der Waals surface area contributed by atoms with Gasteiger partial charge in [0.15, 0.2) is 0 Å². The van der Waals surface area contributed by atoms with Crippen LogP contribution >= 0.6 is 23.2 Å². The summed E-state index contributed by atoms with van der Waals surface area (Å²) < 4.78 is 1.85. The average Bonchev–Trinajstić information content (AvgIpc) is 3.25. The third-order valence-electron chi connectivity index (χ3n) is 6.60. The van der Waals surface area contributed by atoms with Gasteiger partial charge in [0.25, 0.3) is 0 Å². The highest BCUT2D eigenvalue weighted by molar-refractivity contribution is 6.34. The molecule has 9 heteroatoms. The van der Waals surface area contributed by atoms with Crippen molar-refractivity contribution in [3.8, 4) is 11.3 Å². The molecule has 0 radical (unpaired) electrons. The summed E-state index contributed by atoms with van der Waals surface area (Å²) in [5, 5.41) is 11.5. The number of rotatable bonds is 8. The molecule has 0 spiro atoms. The van der Waals surface area contributed by atoms with Gasteiger partial charge in [0.1, 0.15) is 11.5 Å². The Labute approximate surface area is 216 Å². The van der Waals surface area contributed by atoms with E-state index in [0.717, 1.165) is 35.6 Å². The Hall–Kier alpha value is -2.77. The first-order valence-electron chi connectivity index (χ1n) is 12.0. The van der Waals surface area contributed by atoms with Crippen molar-refractivity contribution in [3.63, 3.8) is 0 Å². The van der Waals surface area contributed by atoms with E-state index >= 15 is 0 Å². The third kappa shape index (κ3) is 5.57. The zero-order valence-corrected chi connectivity index (χ0v) is 21.7. The van der Waals surface area contributed by atoms with Crippen LogP contribution in [-0.4, -0.2) is 69.1 Å². The molecule has 35 heavy (non-hydrogen) atoms. The van der Waals surface area contributed by atoms with Crippen LogP contribution in [0.1, 0.15) is 25.8 Å². The molecular formula is C26H32Cl2N6O. The van der Waals surface area contributed by atoms with E-state index in [9.17, 15) is 4.79 Å². The Balaban J connectivity index is 1.41. The number of hydrogen-bond acceptors (Lipinski definition) is 5. The van der Waals surface area contributed by atoms with Gasteiger partial charge in [-0.05, 0) is 31.4 Å². The van der Waals surface area contributed by atoms with Crippen LogP contribution < -0.4 is 5.32 Å². The number of alkyl halides is 1. The molecule has 0 bridgehead atoms. The predicted octanol–water partition coefficient (Wildman–Crippen LogP) is 4.73. The van der Waals surface area contributed by atoms with Gasteiger partial charge >= 0.3 is 0 Å². The number of nitrogens with zero attached hydrogens (tertiary/aromatic N) is 4. The molecule has 2 aliphatic rings. The van der Waals surface area contributed by atoms with Crippen LogP contribution in [0.15, 0.2) is 53.5 Å². The standard InChI is InChI=1S/C26H32Cl2N6O/c1-3-19-6-8-20(9-7-19)23-25(34(12-11-29)18-31-23)30-17-22(35)32-13-15-33(16-14-32)24-21(27)5-4-10-26(24,2)28/h4-9,11,18,29-30H,3,10,12-17H2,1-2H3. The van der Waals surface area contributed by atoms with Crippen molar-refractivity contribution in [2.45, 2.75) is 38.1 Å². The van der Waals surface area contributed by atoms with Crippen molar-refractivity contribution < 1.29 is 4.79 Å². The van der Waals surface area contributed by atoms with Crippen LogP contribution in [0, 0.1) is 5.41 Å². The number of halogens is 2. The number of piperazine rings is 1. The fourth-order valence-electron chi connectivity index (χ4n) is 4.65. The first-order valence-corrected chi connectivity index (χ1v) is 12.7. The second-order valence-corrected chi connectivity index (χ2v) is 10.3. The molecule has 1 amide bonds. The lowest BCUT2D eigenvalue weighted by Gasteiger charge is -2.42. The highest BCUT2D eigenvalue weighted by Crippen LogP contribution is 2.39. The molecule has 1 aromatic carbocycles. The Morgan fingerprint density at radius 2 is 1.94 bits per heavy atom. The lowest BCUT2D eigenvalue weighted by molar-refractivity contribution is -0.130. The number of aromatic nitrogens is 2. The maximum Gasteiger partial charge on any atom is 0.242 e. The molecule has 0 saturated carbocycles. The van der Waals surface area contributed by atoms with Gasteiger partial charge in [-0.3, -0.25) is 4.79 Å². The summed E-state index contributed by atoms with van der Waals surface area (Å²) in [6.07, 6.45) is 8.64. The van der Waals surface area contributed by atoms with Crippen LogP contribution in [-0.2, 0) is 17.8 Å². The van der Waals surface area contributed by atoms with Crippen molar-refractivity contribution in [3.05, 3.63) is 59.0 Å². The Kier molecular flexibility index (Phi) is 7.87. The second kappa shape index (κ2) is 10.9. The van der Waals surface area contributed by atoms with Gasteiger partial charge in [-0.2, -0.15) is 0 Å². The van der Waals surface area contributed by atoms with Crippen molar-refractivity contribution in [2.24, 2.45) is 0 Å². The summed E-state index contributed by atoms with van der Waals surface area (Å²) in [6.45, 7) is 7.24. The van der Waals surface area contributed by atoms with Crippen molar-refractivity contribution in [2.75, 3.05) is 38.0 Å². The fourth-order valence-corrected chi connectivity index (χ4v) is 5.43. The van der Waals surface area contributed by atoms with Crippen molar-refractivity contribution in [1.82, 2.24) is 19.4 Å². The van der Waals surface area contributed by atoms with Gasteiger partial charge in [0, 0.05) is 38.0 Å². The normalized spacial score (nSPS) is 20.3. The molecule has 186 valence electrons. The molecule has 2 heterocycles. The minimum atomic E-state index is -0.529. The molecule has 1 unspecified atom stereocenters. The number of nitrogens with one attached hydrogen (secondary N) is 2. The quantitative estimate of drug-likeness (QED) is 0.394. The first kappa shape index (κ1) is 25.3. The number of benzene rings is 1. The number of hydrogen-bond donors (Lipinski definition) is 2. The van der Waals surface area contributed by atoms with Gasteiger partial charge in [-0.15, -0.1) is 11.6 Å². The molecule has 7 nitrogen and oxygen atoms in total. The number of allylic oxidation sites excluding steroid dienone is 4. The highest BCUT2D eigenvalue weighted by Gasteiger charge is 2.35. The van der Waals surface area contributed by atoms with E-state index < -0.39 is 4.87 Å². The zero-order chi connectivity index (χ0) is 25.0. The largest absolute Gasteiger partial charge is 0.369 e. The second-order valence-electron chi connectivity index (χ2n) is 9.07. The number of carbonyl (C=O) groups is 1. The SMILES string of the molecule is CCc1ccc(-c2ncn(CC=N)c2NCC(=O)N2CCN(C3=C(Cl)C=CCC3(C)Cl)CC2)cc1. The summed E-state index contributed by atoms with van der Waals surface area (Å²) >= 11 is 13.2. The molecular weight excluding hydrogens is 483 g/mol. The number of carbonyl (C=O) groups excluding carboxylic acids is 1. The lowest BCUT2D eigenvalue weighted by Crippen LogP contribution is -2.52. The van der Waals surface area contributed by atoms with Crippen LogP contribution in [0.4, 0.5) is 5.82 Å². The van der Waals surface area contributed by atoms with E-state index in [1.54, 1.807) is 6.33 Å². The van der Waals surface area contributed by atoms with Crippen LogP contribution in [0.3, 0.4) is 0 Å². The van der Waals surface area contributed by atoms with Crippen LogP contribution in [0.2, 0.25) is 0 Å². The summed E-state index contributed by atoms with van der Waals surface area (Å²) in [6, 6.07) is 8.28. The van der Waals surface area contributed by atoms with Crippen LogP contribution in [0.25, 0.3) is 11.3 Å². The lowest BCUT2D eigenvalue weighted by atomic mass is 9.96. The maximum atomic E-state index is 13.1. The highest BCUT2D eigenvalue weighted by atomic mass is 35.5. The van der Waals surface area contributed by atoms with E-state index in [1.165, 1.54) is 11.8 Å². The maximum absolute atomic E-state index is 13.1. The van der Waals surface area contributed by atoms with E-state index in [1.807, 2.05) is 40.7 Å². The summed E-state index contributed by atoms with van der Waals surface area (Å²) in [7, 11) is 0. The van der Waals surface area contributed by atoms with Gasteiger partial charge in [-0.25, -0.2) is 4.98 Å². The Morgan fingerprint density at radius 3 is 2.57 bits per heavy atom. The monoisotopic (exact) mass is 514 g/mol. The fraction of sp³-hybridized carbons (Fsp3) is 0.423. The molecule has 1 aliphatic carbocycles. The van der Waals surface area contributed by atoms with Gasteiger partial charge in [-0.1, -0.05) is 48.9 Å². The molecule has 2 N–H and O–H groups in total. The molecule has 1 fully saturated rings. The van der Waals surface area contributed by atoms with E-state index in [4.69, 9.17) is 28.6 Å². The van der Waals surface area contributed by atoms with Crippen molar-refractivity contribution >= 4 is 41.1 Å². The van der Waals surface area contributed by atoms with Crippen molar-refractivity contribution in [1.29, 1.82) is 5.41 Å². The van der Waals surface area contributed by atoms with Gasteiger partial charge < -0.3 is 25.1 Å². The number of aryl methyl sites for hydroxylation is 1. The zero-order valence-electron chi connectivity index (χ0n) is 20.2. The molecule has 1 saturated heterocycles. The van der Waals surface area contributed by atoms with E-state index in [2.05, 4.69) is 34.3 Å². The summed E-state index contributed by atoms with van der Waals surface area (Å²) in [5.74, 6) is 0.769. The molecule has 2 aromatic rings. The Morgan fingerprint density at radius 1 is 1.23 bits per heavy atom. The van der Waals surface area contributed by atoms with Gasteiger partial charge in [0.2, 0.25) is 5.91 Å². The smallest absolute Gasteiger partial charge is 0.242 e. The van der Waals surface area contributed by atoms with E-state index in [0.29, 0.717) is 37.8 Å². The number of imidazole rings is 1. The first-order chi connectivity index (χ1) is 16.8. The minimum absolute atomic E-state index is 0.0248. The van der Waals surface area contributed by atoms with Crippen LogP contribution in [0.5, 0.6) is 0 Å². The van der Waals surface area contributed by atoms with Gasteiger partial charge in [0.05, 0.1) is 35.0 Å². The number of amides is 1. The predicted molar refractivity (Wildman–Crippen MR) is 143 cm³/mol. The summed E-state index contributed by atoms with van der Waals surface area (Å²) in [4.78, 5) is 21.2. The summed E-state index contributed by atoms with van der Waals surface area (Å²) in [5.41, 5.74) is 3.96.